The fourth-order valence-electron chi connectivity index (χ4n) is 1.10. The van der Waals surface area contributed by atoms with Gasteiger partial charge in [0.05, 0.1) is 7.11 Å². The standard InChI is InChI=1S/C9H10F2O.C2H6/c1-3-6-8(12-2)5-4-7(10)9(6)11;1-2/h4-5H,3H2,1-2H3;1-2H3. The van der Waals surface area contributed by atoms with Crippen molar-refractivity contribution in [3.63, 3.8) is 0 Å². The van der Waals surface area contributed by atoms with E-state index in [1.165, 1.54) is 13.2 Å². The maximum atomic E-state index is 13.0. The third-order valence-corrected chi connectivity index (χ3v) is 1.73. The Balaban J connectivity index is 0.000000791. The maximum Gasteiger partial charge on any atom is 0.165 e. The molecule has 1 aromatic rings. The van der Waals surface area contributed by atoms with E-state index in [2.05, 4.69) is 0 Å². The van der Waals surface area contributed by atoms with Gasteiger partial charge >= 0.3 is 0 Å². The van der Waals surface area contributed by atoms with Gasteiger partial charge in [-0.1, -0.05) is 20.8 Å². The lowest BCUT2D eigenvalue weighted by atomic mass is 10.1. The van der Waals surface area contributed by atoms with Gasteiger partial charge in [0.1, 0.15) is 5.75 Å². The van der Waals surface area contributed by atoms with E-state index >= 15 is 0 Å². The molecule has 0 saturated heterocycles. The SMILES string of the molecule is CC.CCc1c(OC)ccc(F)c1F. The Bertz CT molecular complexity index is 285. The number of benzene rings is 1. The molecular weight excluding hydrogens is 186 g/mol. The van der Waals surface area contributed by atoms with Crippen molar-refractivity contribution in [2.24, 2.45) is 0 Å². The molecule has 1 aromatic carbocycles. The van der Waals surface area contributed by atoms with Gasteiger partial charge in [-0.05, 0) is 18.6 Å². The van der Waals surface area contributed by atoms with Gasteiger partial charge in [0, 0.05) is 5.56 Å². The van der Waals surface area contributed by atoms with Crippen LogP contribution in [0.4, 0.5) is 8.78 Å². The molecule has 1 nitrogen and oxygen atoms in total. The number of ether oxygens (including phenoxy) is 1. The number of hydrogen-bond acceptors (Lipinski definition) is 1. The monoisotopic (exact) mass is 202 g/mol. The predicted molar refractivity (Wildman–Crippen MR) is 53.6 cm³/mol. The molecule has 3 heteroatoms. The summed E-state index contributed by atoms with van der Waals surface area (Å²) >= 11 is 0. The van der Waals surface area contributed by atoms with Crippen molar-refractivity contribution in [3.05, 3.63) is 29.3 Å². The molecule has 0 fully saturated rings. The average Bonchev–Trinajstić information content (AvgIpc) is 2.24. The molecule has 80 valence electrons. The average molecular weight is 202 g/mol. The molecule has 14 heavy (non-hydrogen) atoms. The highest BCUT2D eigenvalue weighted by Crippen LogP contribution is 2.23. The molecule has 0 aliphatic rings. The van der Waals surface area contributed by atoms with E-state index in [-0.39, 0.29) is 5.56 Å². The first-order chi connectivity index (χ1) is 6.70. The van der Waals surface area contributed by atoms with E-state index in [0.29, 0.717) is 12.2 Å². The predicted octanol–water partition coefficient (Wildman–Crippen LogP) is 3.56. The van der Waals surface area contributed by atoms with Crippen molar-refractivity contribution >= 4 is 0 Å². The smallest absolute Gasteiger partial charge is 0.165 e. The molecule has 0 aromatic heterocycles. The molecule has 0 radical (unpaired) electrons. The van der Waals surface area contributed by atoms with Gasteiger partial charge in [0.25, 0.3) is 0 Å². The van der Waals surface area contributed by atoms with Crippen LogP contribution in [-0.4, -0.2) is 7.11 Å². The molecule has 1 rings (SSSR count). The molecule has 0 spiro atoms. The lowest BCUT2D eigenvalue weighted by Crippen LogP contribution is -1.97. The van der Waals surface area contributed by atoms with E-state index in [1.807, 2.05) is 13.8 Å². The van der Waals surface area contributed by atoms with Gasteiger partial charge in [-0.15, -0.1) is 0 Å². The molecule has 0 aliphatic heterocycles. The molecular formula is C11H16F2O. The number of halogens is 2. The number of methoxy groups -OCH3 is 1. The summed E-state index contributed by atoms with van der Waals surface area (Å²) in [5.41, 5.74) is 0.289. The van der Waals surface area contributed by atoms with Crippen LogP contribution in [0.1, 0.15) is 26.3 Å². The Morgan fingerprint density at radius 1 is 1.21 bits per heavy atom. The minimum atomic E-state index is -0.826. The van der Waals surface area contributed by atoms with Crippen LogP contribution in [0, 0.1) is 11.6 Å². The molecule has 0 heterocycles. The topological polar surface area (TPSA) is 9.23 Å². The fraction of sp³-hybridized carbons (Fsp3) is 0.455. The summed E-state index contributed by atoms with van der Waals surface area (Å²) in [6.45, 7) is 5.75. The second-order valence-corrected chi connectivity index (χ2v) is 2.40. The quantitative estimate of drug-likeness (QED) is 0.712. The van der Waals surface area contributed by atoms with Crippen molar-refractivity contribution in [3.8, 4) is 5.75 Å². The first kappa shape index (κ1) is 12.9. The highest BCUT2D eigenvalue weighted by atomic mass is 19.2. The lowest BCUT2D eigenvalue weighted by Gasteiger charge is -2.07. The van der Waals surface area contributed by atoms with Gasteiger partial charge in [0.15, 0.2) is 11.6 Å². The summed E-state index contributed by atoms with van der Waals surface area (Å²) in [5.74, 6) is -1.24. The summed E-state index contributed by atoms with van der Waals surface area (Å²) in [7, 11) is 1.44. The van der Waals surface area contributed by atoms with Crippen LogP contribution in [0.5, 0.6) is 5.75 Å². The van der Waals surface area contributed by atoms with Crippen molar-refractivity contribution in [2.45, 2.75) is 27.2 Å². The number of hydrogen-bond donors (Lipinski definition) is 0. The van der Waals surface area contributed by atoms with Crippen LogP contribution in [0.3, 0.4) is 0 Å². The summed E-state index contributed by atoms with van der Waals surface area (Å²) in [6.07, 6.45) is 0.423. The Morgan fingerprint density at radius 2 is 1.79 bits per heavy atom. The summed E-state index contributed by atoms with van der Waals surface area (Å²) < 4.78 is 30.5. The second-order valence-electron chi connectivity index (χ2n) is 2.40. The van der Waals surface area contributed by atoms with E-state index in [4.69, 9.17) is 4.74 Å². The van der Waals surface area contributed by atoms with E-state index < -0.39 is 11.6 Å². The molecule has 0 atom stereocenters. The largest absolute Gasteiger partial charge is 0.496 e. The number of rotatable bonds is 2. The zero-order valence-corrected chi connectivity index (χ0v) is 9.03. The highest BCUT2D eigenvalue weighted by molar-refractivity contribution is 5.35. The minimum Gasteiger partial charge on any atom is -0.496 e. The Morgan fingerprint density at radius 3 is 2.21 bits per heavy atom. The highest BCUT2D eigenvalue weighted by Gasteiger charge is 2.11. The lowest BCUT2D eigenvalue weighted by molar-refractivity contribution is 0.399. The van der Waals surface area contributed by atoms with Crippen molar-refractivity contribution in [2.75, 3.05) is 7.11 Å². The zero-order valence-electron chi connectivity index (χ0n) is 9.03. The van der Waals surface area contributed by atoms with Gasteiger partial charge < -0.3 is 4.74 Å². The zero-order chi connectivity index (χ0) is 11.1. The van der Waals surface area contributed by atoms with Crippen LogP contribution in [0.25, 0.3) is 0 Å². The Labute approximate surface area is 83.7 Å². The van der Waals surface area contributed by atoms with Gasteiger partial charge in [0.2, 0.25) is 0 Å². The third-order valence-electron chi connectivity index (χ3n) is 1.73. The Hall–Kier alpha value is -1.12. The van der Waals surface area contributed by atoms with Crippen LogP contribution >= 0.6 is 0 Å². The molecule has 0 amide bonds. The van der Waals surface area contributed by atoms with E-state index in [0.717, 1.165) is 6.07 Å². The van der Waals surface area contributed by atoms with Crippen LogP contribution in [0.2, 0.25) is 0 Å². The van der Waals surface area contributed by atoms with Crippen molar-refractivity contribution < 1.29 is 13.5 Å². The van der Waals surface area contributed by atoms with Crippen LogP contribution < -0.4 is 4.74 Å². The third kappa shape index (κ3) is 2.69. The second kappa shape index (κ2) is 6.35. The van der Waals surface area contributed by atoms with Gasteiger partial charge in [-0.25, -0.2) is 8.78 Å². The molecule has 0 unspecified atom stereocenters. The normalized spacial score (nSPS) is 9.00. The maximum absolute atomic E-state index is 13.0. The van der Waals surface area contributed by atoms with Crippen molar-refractivity contribution in [1.29, 1.82) is 0 Å². The molecule has 0 saturated carbocycles. The van der Waals surface area contributed by atoms with Crippen LogP contribution in [0.15, 0.2) is 12.1 Å². The van der Waals surface area contributed by atoms with Crippen molar-refractivity contribution in [1.82, 2.24) is 0 Å². The first-order valence-corrected chi connectivity index (χ1v) is 4.71. The summed E-state index contributed by atoms with van der Waals surface area (Å²) in [5, 5.41) is 0. The fourth-order valence-corrected chi connectivity index (χ4v) is 1.10. The summed E-state index contributed by atoms with van der Waals surface area (Å²) in [4.78, 5) is 0. The Kier molecular flexibility index (Phi) is 5.84. The first-order valence-electron chi connectivity index (χ1n) is 4.71. The summed E-state index contributed by atoms with van der Waals surface area (Å²) in [6, 6.07) is 2.49. The van der Waals surface area contributed by atoms with Crippen LogP contribution in [-0.2, 0) is 6.42 Å². The molecule has 0 aliphatic carbocycles. The minimum absolute atomic E-state index is 0.289. The van der Waals surface area contributed by atoms with E-state index in [9.17, 15) is 8.78 Å². The molecule has 0 bridgehead atoms. The van der Waals surface area contributed by atoms with E-state index in [1.54, 1.807) is 6.92 Å². The molecule has 0 N–H and O–H groups in total. The van der Waals surface area contributed by atoms with Gasteiger partial charge in [-0.2, -0.15) is 0 Å². The van der Waals surface area contributed by atoms with Gasteiger partial charge in [-0.3, -0.25) is 0 Å².